The van der Waals surface area contributed by atoms with Gasteiger partial charge in [-0.05, 0) is 47.5 Å². The van der Waals surface area contributed by atoms with Gasteiger partial charge in [0.2, 0.25) is 0 Å². The largest absolute Gasteiger partial charge is 0.265 e. The molecule has 0 aliphatic carbocycles. The van der Waals surface area contributed by atoms with Crippen molar-refractivity contribution >= 4 is 10.9 Å². The Balaban J connectivity index is 1.71. The summed E-state index contributed by atoms with van der Waals surface area (Å²) in [5.41, 5.74) is 6.43. The molecule has 4 heteroatoms. The highest BCUT2D eigenvalue weighted by atomic mass is 15.3. The second-order valence-electron chi connectivity index (χ2n) is 6.30. The number of rotatable bonds is 3. The minimum atomic E-state index is 0.971. The quantitative estimate of drug-likeness (QED) is 0.453. The third-order valence-corrected chi connectivity index (χ3v) is 4.64. The zero-order valence-electron chi connectivity index (χ0n) is 14.5. The fourth-order valence-corrected chi connectivity index (χ4v) is 3.35. The van der Waals surface area contributed by atoms with Gasteiger partial charge in [0, 0.05) is 35.7 Å². The van der Waals surface area contributed by atoms with E-state index in [0.717, 1.165) is 39.0 Å². The predicted octanol–water partition coefficient (Wildman–Crippen LogP) is 5.15. The van der Waals surface area contributed by atoms with Crippen LogP contribution in [0.3, 0.4) is 0 Å². The molecule has 0 aliphatic heterocycles. The summed E-state index contributed by atoms with van der Waals surface area (Å²) >= 11 is 0. The Morgan fingerprint density at radius 1 is 0.593 bits per heavy atom. The van der Waals surface area contributed by atoms with Crippen molar-refractivity contribution in [2.75, 3.05) is 0 Å². The molecule has 0 saturated carbocycles. The van der Waals surface area contributed by atoms with E-state index in [1.165, 1.54) is 0 Å². The monoisotopic (exact) mass is 348 g/mol. The molecule has 0 fully saturated rings. The van der Waals surface area contributed by atoms with Crippen LogP contribution in [-0.4, -0.2) is 19.7 Å². The predicted molar refractivity (Wildman–Crippen MR) is 108 cm³/mol. The van der Waals surface area contributed by atoms with Crippen LogP contribution in [0.15, 0.2) is 97.6 Å². The Bertz CT molecular complexity index is 1210. The lowest BCUT2D eigenvalue weighted by Crippen LogP contribution is -1.96. The molecule has 0 unspecified atom stereocenters. The van der Waals surface area contributed by atoms with Crippen molar-refractivity contribution in [3.63, 3.8) is 0 Å². The van der Waals surface area contributed by atoms with Gasteiger partial charge >= 0.3 is 0 Å². The lowest BCUT2D eigenvalue weighted by Gasteiger charge is -2.04. The third-order valence-electron chi connectivity index (χ3n) is 4.64. The van der Waals surface area contributed by atoms with Gasteiger partial charge in [-0.25, -0.2) is 4.68 Å². The smallest absolute Gasteiger partial charge is 0.101 e. The molecule has 2 aromatic carbocycles. The van der Waals surface area contributed by atoms with Crippen LogP contribution in [-0.2, 0) is 0 Å². The summed E-state index contributed by atoms with van der Waals surface area (Å²) in [4.78, 5) is 8.22. The zero-order valence-corrected chi connectivity index (χ0v) is 14.5. The first-order chi connectivity index (χ1) is 13.4. The molecule has 0 radical (unpaired) electrons. The molecule has 3 heterocycles. The summed E-state index contributed by atoms with van der Waals surface area (Å²) in [6.45, 7) is 0. The van der Waals surface area contributed by atoms with Gasteiger partial charge in [-0.15, -0.1) is 0 Å². The van der Waals surface area contributed by atoms with Crippen molar-refractivity contribution in [2.24, 2.45) is 0 Å². The van der Waals surface area contributed by atoms with E-state index >= 15 is 0 Å². The molecular formula is C23H16N4. The van der Waals surface area contributed by atoms with Crippen LogP contribution in [0.25, 0.3) is 39.0 Å². The van der Waals surface area contributed by atoms with Gasteiger partial charge < -0.3 is 0 Å². The Morgan fingerprint density at radius 3 is 2.11 bits per heavy atom. The highest BCUT2D eigenvalue weighted by Gasteiger charge is 2.13. The molecular weight excluding hydrogens is 332 g/mol. The molecule has 0 aliphatic rings. The number of aromatic nitrogens is 4. The number of hydrogen-bond acceptors (Lipinski definition) is 3. The highest BCUT2D eigenvalue weighted by Crippen LogP contribution is 2.32. The zero-order chi connectivity index (χ0) is 18.1. The summed E-state index contributed by atoms with van der Waals surface area (Å²) in [6.07, 6.45) is 7.20. The minimum Gasteiger partial charge on any atom is -0.265 e. The summed E-state index contributed by atoms with van der Waals surface area (Å²) in [7, 11) is 0. The third kappa shape index (κ3) is 2.77. The molecule has 0 saturated heterocycles. The van der Waals surface area contributed by atoms with Gasteiger partial charge in [-0.2, -0.15) is 5.10 Å². The van der Waals surface area contributed by atoms with Crippen LogP contribution in [0, 0.1) is 0 Å². The molecule has 3 aromatic heterocycles. The fraction of sp³-hybridized carbons (Fsp3) is 0. The van der Waals surface area contributed by atoms with Crippen molar-refractivity contribution in [2.45, 2.75) is 0 Å². The van der Waals surface area contributed by atoms with E-state index < -0.39 is 0 Å². The number of nitrogens with zero attached hydrogens (tertiary/aromatic N) is 4. The topological polar surface area (TPSA) is 43.6 Å². The number of para-hydroxylation sites is 1. The molecule has 0 atom stereocenters. The second kappa shape index (κ2) is 6.50. The summed E-state index contributed by atoms with van der Waals surface area (Å²) in [6, 6.07) is 24.8. The summed E-state index contributed by atoms with van der Waals surface area (Å²) in [5, 5.41) is 6.07. The molecule has 27 heavy (non-hydrogen) atoms. The van der Waals surface area contributed by atoms with E-state index in [2.05, 4.69) is 52.4 Å². The summed E-state index contributed by atoms with van der Waals surface area (Å²) in [5.74, 6) is 0. The standard InChI is InChI=1S/C23H16N4/c1-2-7-22-21(6-1)23(26-27(22)20-10-14-25-15-11-20)19-5-3-4-18(16-19)17-8-12-24-13-9-17/h1-16H. The first-order valence-electron chi connectivity index (χ1n) is 8.79. The van der Waals surface area contributed by atoms with Crippen molar-refractivity contribution in [3.05, 3.63) is 97.6 Å². The number of benzene rings is 2. The van der Waals surface area contributed by atoms with Crippen LogP contribution < -0.4 is 0 Å². The molecule has 0 bridgehead atoms. The average Bonchev–Trinajstić information content (AvgIpc) is 3.15. The van der Waals surface area contributed by atoms with Crippen molar-refractivity contribution in [3.8, 4) is 28.1 Å². The maximum Gasteiger partial charge on any atom is 0.101 e. The molecule has 4 nitrogen and oxygen atoms in total. The first-order valence-corrected chi connectivity index (χ1v) is 8.79. The van der Waals surface area contributed by atoms with Crippen molar-refractivity contribution in [1.29, 1.82) is 0 Å². The maximum atomic E-state index is 4.94. The SMILES string of the molecule is c1cc(-c2ccncc2)cc(-c2nn(-c3ccncc3)c3ccccc23)c1. The lowest BCUT2D eigenvalue weighted by molar-refractivity contribution is 0.911. The molecule has 0 N–H and O–H groups in total. The van der Waals surface area contributed by atoms with Crippen LogP contribution in [0.2, 0.25) is 0 Å². The van der Waals surface area contributed by atoms with Crippen LogP contribution in [0.4, 0.5) is 0 Å². The first kappa shape index (κ1) is 15.5. The number of fused-ring (bicyclic) bond motifs is 1. The number of hydrogen-bond donors (Lipinski definition) is 0. The highest BCUT2D eigenvalue weighted by molar-refractivity contribution is 5.94. The molecule has 0 amide bonds. The maximum absolute atomic E-state index is 4.94. The molecule has 128 valence electrons. The fourth-order valence-electron chi connectivity index (χ4n) is 3.35. The van der Waals surface area contributed by atoms with Gasteiger partial charge in [0.15, 0.2) is 0 Å². The van der Waals surface area contributed by atoms with E-state index in [4.69, 9.17) is 5.10 Å². The van der Waals surface area contributed by atoms with Gasteiger partial charge in [-0.1, -0.05) is 36.4 Å². The van der Waals surface area contributed by atoms with Crippen molar-refractivity contribution < 1.29 is 0 Å². The van der Waals surface area contributed by atoms with Gasteiger partial charge in [-0.3, -0.25) is 9.97 Å². The van der Waals surface area contributed by atoms with Crippen LogP contribution in [0.1, 0.15) is 0 Å². The minimum absolute atomic E-state index is 0.971. The van der Waals surface area contributed by atoms with Gasteiger partial charge in [0.05, 0.1) is 11.2 Å². The molecule has 5 aromatic rings. The Kier molecular flexibility index (Phi) is 3.72. The normalized spacial score (nSPS) is 11.0. The average molecular weight is 348 g/mol. The second-order valence-corrected chi connectivity index (χ2v) is 6.30. The Morgan fingerprint density at radius 2 is 1.30 bits per heavy atom. The van der Waals surface area contributed by atoms with E-state index in [0.29, 0.717) is 0 Å². The van der Waals surface area contributed by atoms with Gasteiger partial charge in [0.25, 0.3) is 0 Å². The molecule has 0 spiro atoms. The van der Waals surface area contributed by atoms with Crippen LogP contribution in [0.5, 0.6) is 0 Å². The number of pyridine rings is 2. The van der Waals surface area contributed by atoms with E-state index in [9.17, 15) is 0 Å². The summed E-state index contributed by atoms with van der Waals surface area (Å²) < 4.78 is 1.98. The van der Waals surface area contributed by atoms with E-state index in [1.54, 1.807) is 12.4 Å². The van der Waals surface area contributed by atoms with E-state index in [-0.39, 0.29) is 0 Å². The van der Waals surface area contributed by atoms with Crippen molar-refractivity contribution in [1.82, 2.24) is 19.7 Å². The van der Waals surface area contributed by atoms with E-state index in [1.807, 2.05) is 47.4 Å². The Labute approximate surface area is 156 Å². The lowest BCUT2D eigenvalue weighted by atomic mass is 10.0. The van der Waals surface area contributed by atoms with Gasteiger partial charge in [0.1, 0.15) is 5.69 Å². The molecule has 5 rings (SSSR count). The van der Waals surface area contributed by atoms with Crippen LogP contribution >= 0.6 is 0 Å². The Hall–Kier alpha value is -3.79.